The minimum Gasteiger partial charge on any atom is -0.496 e. The number of carbonyl (C=O) groups is 2. The Hall–Kier alpha value is -3.82. The monoisotopic (exact) mass is 508 g/mol. The minimum atomic E-state index is -0.479. The van der Waals surface area contributed by atoms with Crippen LogP contribution in [0.3, 0.4) is 0 Å². The summed E-state index contributed by atoms with van der Waals surface area (Å²) in [5.41, 5.74) is 2.95. The maximum atomic E-state index is 14.3. The highest BCUT2D eigenvalue weighted by Crippen LogP contribution is 2.52. The first kappa shape index (κ1) is 23.6. The molecule has 0 aliphatic carbocycles. The molecule has 2 saturated heterocycles. The van der Waals surface area contributed by atoms with Gasteiger partial charge in [0.1, 0.15) is 35.3 Å². The second kappa shape index (κ2) is 8.09. The molecule has 0 N–H and O–H groups in total. The molecule has 4 aliphatic heterocycles. The number of carbonyl (C=O) groups excluding carboxylic acids is 2. The zero-order valence-corrected chi connectivity index (χ0v) is 22.0. The lowest BCUT2D eigenvalue weighted by Crippen LogP contribution is -2.79. The van der Waals surface area contributed by atoms with E-state index in [0.29, 0.717) is 49.2 Å². The van der Waals surface area contributed by atoms with E-state index in [2.05, 4.69) is 13.8 Å². The maximum Gasteiger partial charge on any atom is 0.323 e. The zero-order valence-electron chi connectivity index (χ0n) is 22.0. The van der Waals surface area contributed by atoms with E-state index >= 15 is 0 Å². The van der Waals surface area contributed by atoms with E-state index in [4.69, 9.17) is 18.9 Å². The van der Waals surface area contributed by atoms with Gasteiger partial charge in [-0.15, -0.1) is 0 Å². The number of benzene rings is 2. The zero-order chi connectivity index (χ0) is 26.2. The van der Waals surface area contributed by atoms with Crippen molar-refractivity contribution in [2.45, 2.75) is 52.4 Å². The van der Waals surface area contributed by atoms with Gasteiger partial charge in [0.2, 0.25) is 0 Å². The average molecular weight is 509 g/mol. The Balaban J connectivity index is 1.58. The van der Waals surface area contributed by atoms with Gasteiger partial charge in [-0.3, -0.25) is 19.6 Å². The summed E-state index contributed by atoms with van der Waals surface area (Å²) < 4.78 is 22.8. The highest BCUT2D eigenvalue weighted by atomic mass is 16.5. The molecule has 2 aromatic rings. The van der Waals surface area contributed by atoms with Gasteiger partial charge < -0.3 is 18.9 Å². The molecule has 2 bridgehead atoms. The van der Waals surface area contributed by atoms with E-state index in [1.54, 1.807) is 28.4 Å². The van der Waals surface area contributed by atoms with Crippen molar-refractivity contribution >= 4 is 12.1 Å². The summed E-state index contributed by atoms with van der Waals surface area (Å²) in [6.07, 6.45) is -0.867. The van der Waals surface area contributed by atoms with Gasteiger partial charge in [0.05, 0.1) is 54.6 Å². The van der Waals surface area contributed by atoms with Crippen LogP contribution in [-0.2, 0) is 26.2 Å². The number of hydrogen-bond donors (Lipinski definition) is 0. The molecule has 10 heteroatoms. The van der Waals surface area contributed by atoms with Crippen molar-refractivity contribution in [2.24, 2.45) is 5.41 Å². The number of urea groups is 2. The molecule has 6 rings (SSSR count). The second-order valence-corrected chi connectivity index (χ2v) is 10.5. The fraction of sp³-hybridized carbons (Fsp3) is 0.481. The number of hydrogen-bond acceptors (Lipinski definition) is 6. The summed E-state index contributed by atoms with van der Waals surface area (Å²) >= 11 is 0. The third kappa shape index (κ3) is 3.04. The van der Waals surface area contributed by atoms with E-state index in [0.717, 1.165) is 22.3 Å². The van der Waals surface area contributed by atoms with E-state index in [-0.39, 0.29) is 12.1 Å². The summed E-state index contributed by atoms with van der Waals surface area (Å²) in [4.78, 5) is 35.9. The van der Waals surface area contributed by atoms with Crippen LogP contribution in [0.1, 0.15) is 36.1 Å². The van der Waals surface area contributed by atoms with Crippen molar-refractivity contribution in [1.82, 2.24) is 19.6 Å². The van der Waals surface area contributed by atoms with E-state index in [1.807, 2.05) is 43.9 Å². The maximum absolute atomic E-state index is 14.3. The Bertz CT molecular complexity index is 1130. The van der Waals surface area contributed by atoms with E-state index < -0.39 is 17.7 Å². The number of nitrogens with zero attached hydrogens (tertiary/aromatic N) is 4. The van der Waals surface area contributed by atoms with Crippen LogP contribution in [0, 0.1) is 5.41 Å². The van der Waals surface area contributed by atoms with E-state index in [9.17, 15) is 9.59 Å². The molecule has 0 saturated carbocycles. The summed E-state index contributed by atoms with van der Waals surface area (Å²) in [5.74, 6) is 2.68. The fourth-order valence-electron chi connectivity index (χ4n) is 6.88. The lowest BCUT2D eigenvalue weighted by atomic mass is 9.78. The Morgan fingerprint density at radius 1 is 0.568 bits per heavy atom. The molecule has 0 radical (unpaired) electrons. The van der Waals surface area contributed by atoms with Crippen LogP contribution in [0.15, 0.2) is 24.3 Å². The quantitative estimate of drug-likeness (QED) is 0.628. The molecule has 2 fully saturated rings. The Labute approximate surface area is 216 Å². The summed E-state index contributed by atoms with van der Waals surface area (Å²) in [6, 6.07) is 7.15. The number of fused-ring (bicyclic) bond motifs is 2. The van der Waals surface area contributed by atoms with Crippen molar-refractivity contribution < 1.29 is 28.5 Å². The van der Waals surface area contributed by atoms with Gasteiger partial charge in [-0.05, 0) is 24.3 Å². The van der Waals surface area contributed by atoms with E-state index in [1.165, 1.54) is 0 Å². The molecule has 0 aromatic heterocycles. The van der Waals surface area contributed by atoms with Gasteiger partial charge in [-0.1, -0.05) is 13.8 Å². The Kier molecular flexibility index (Phi) is 5.15. The van der Waals surface area contributed by atoms with Crippen molar-refractivity contribution in [2.75, 3.05) is 28.4 Å². The topological polar surface area (TPSA) is 84.0 Å². The molecule has 0 atom stereocenters. The van der Waals surface area contributed by atoms with Crippen LogP contribution in [-0.4, -0.2) is 72.4 Å². The van der Waals surface area contributed by atoms with Gasteiger partial charge in [0.15, 0.2) is 0 Å². The largest absolute Gasteiger partial charge is 0.496 e. The molecule has 4 heterocycles. The highest BCUT2D eigenvalue weighted by Gasteiger charge is 2.63. The third-order valence-electron chi connectivity index (χ3n) is 8.38. The Morgan fingerprint density at radius 3 is 1.03 bits per heavy atom. The first-order chi connectivity index (χ1) is 17.8. The molecule has 196 valence electrons. The number of ether oxygens (including phenoxy) is 4. The molecule has 4 aliphatic rings. The standard InChI is InChI=1S/C27H32N4O6/c1-27(2)23-28-11-15-16(20(35-4)8-7-19(15)34-3)12-29(23)26(33)31-14-18-17(13-30(24(27)31)25(28)32)21(36-5)9-10-22(18)37-6/h7-10,23-24H,11-14H2,1-6H3. The molecular weight excluding hydrogens is 476 g/mol. The van der Waals surface area contributed by atoms with Crippen LogP contribution in [0.4, 0.5) is 9.59 Å². The van der Waals surface area contributed by atoms with Crippen molar-refractivity contribution in [3.05, 3.63) is 46.5 Å². The molecule has 37 heavy (non-hydrogen) atoms. The average Bonchev–Trinajstić information content (AvgIpc) is 3.21. The lowest BCUT2D eigenvalue weighted by molar-refractivity contribution is -0.156. The number of methoxy groups -OCH3 is 4. The summed E-state index contributed by atoms with van der Waals surface area (Å²) in [6.45, 7) is 5.48. The summed E-state index contributed by atoms with van der Waals surface area (Å²) in [7, 11) is 6.47. The van der Waals surface area contributed by atoms with Crippen molar-refractivity contribution in [3.8, 4) is 23.0 Å². The van der Waals surface area contributed by atoms with Gasteiger partial charge in [-0.2, -0.15) is 0 Å². The van der Waals surface area contributed by atoms with Gasteiger partial charge in [0, 0.05) is 27.7 Å². The summed E-state index contributed by atoms with van der Waals surface area (Å²) in [5, 5.41) is 0. The van der Waals surface area contributed by atoms with Crippen molar-refractivity contribution in [1.29, 1.82) is 0 Å². The predicted octanol–water partition coefficient (Wildman–Crippen LogP) is 3.60. The third-order valence-corrected chi connectivity index (χ3v) is 8.38. The SMILES string of the molecule is COc1ccc(OC)c2c1CN1C(=O)N3Cc4c(OC)ccc(OC)c4CN4C(=O)N(C2)C1C(C)(C)C34. The van der Waals surface area contributed by atoms with Crippen LogP contribution >= 0.6 is 0 Å². The minimum absolute atomic E-state index is 0.132. The molecule has 0 spiro atoms. The predicted molar refractivity (Wildman–Crippen MR) is 133 cm³/mol. The first-order valence-electron chi connectivity index (χ1n) is 12.4. The van der Waals surface area contributed by atoms with Crippen LogP contribution in [0.25, 0.3) is 0 Å². The molecule has 4 amide bonds. The van der Waals surface area contributed by atoms with Crippen LogP contribution in [0.5, 0.6) is 23.0 Å². The Morgan fingerprint density at radius 2 is 0.811 bits per heavy atom. The second-order valence-electron chi connectivity index (χ2n) is 10.5. The normalized spacial score (nSPS) is 20.2. The highest BCUT2D eigenvalue weighted by molar-refractivity contribution is 5.84. The van der Waals surface area contributed by atoms with Crippen LogP contribution in [0.2, 0.25) is 0 Å². The van der Waals surface area contributed by atoms with Gasteiger partial charge >= 0.3 is 12.1 Å². The van der Waals surface area contributed by atoms with Crippen molar-refractivity contribution in [3.63, 3.8) is 0 Å². The molecule has 10 nitrogen and oxygen atoms in total. The lowest BCUT2D eigenvalue weighted by Gasteiger charge is -2.63. The van der Waals surface area contributed by atoms with Gasteiger partial charge in [0.25, 0.3) is 0 Å². The van der Waals surface area contributed by atoms with Crippen LogP contribution < -0.4 is 18.9 Å². The molecule has 0 unspecified atom stereocenters. The van der Waals surface area contributed by atoms with Gasteiger partial charge in [-0.25, -0.2) is 9.59 Å². The smallest absolute Gasteiger partial charge is 0.323 e. The number of amides is 4. The molecular formula is C27H32N4O6. The fourth-order valence-corrected chi connectivity index (χ4v) is 6.88. The first-order valence-corrected chi connectivity index (χ1v) is 12.4. The number of rotatable bonds is 4. The molecule has 2 aromatic carbocycles.